The van der Waals surface area contributed by atoms with Crippen LogP contribution in [0, 0.1) is 0 Å². The Bertz CT molecular complexity index is 932. The third-order valence-corrected chi connectivity index (χ3v) is 5.51. The van der Waals surface area contributed by atoms with Crippen LogP contribution < -0.4 is 10.9 Å². The summed E-state index contributed by atoms with van der Waals surface area (Å²) in [4.78, 5) is 16.5. The van der Waals surface area contributed by atoms with Gasteiger partial charge >= 0.3 is 0 Å². The largest absolute Gasteiger partial charge is 0.314 e. The average molecular weight is 374 g/mol. The van der Waals surface area contributed by atoms with E-state index in [0.717, 1.165) is 49.9 Å². The highest BCUT2D eigenvalue weighted by Gasteiger charge is 2.23. The molecule has 1 saturated carbocycles. The minimum Gasteiger partial charge on any atom is -0.314 e. The van der Waals surface area contributed by atoms with E-state index in [1.165, 1.54) is 5.56 Å². The molecule has 28 heavy (non-hydrogen) atoms. The van der Waals surface area contributed by atoms with Crippen molar-refractivity contribution < 1.29 is 0 Å². The third-order valence-electron chi connectivity index (χ3n) is 5.51. The molecule has 0 spiro atoms. The van der Waals surface area contributed by atoms with Crippen LogP contribution in [0.15, 0.2) is 71.8 Å². The first-order valence-electron chi connectivity index (χ1n) is 10.1. The van der Waals surface area contributed by atoms with Gasteiger partial charge in [-0.1, -0.05) is 30.3 Å². The standard InChI is InChI=1S/C23H26N4O/c28-23-13-12-22(19-7-4-15-24-17-19)26-27(23)21-10-8-20(9-11-21)25-16-14-18-5-2-1-3-6-18/h1-7,12-13,15,17,20-21,25H,8-11,14,16H2. The number of pyridine rings is 1. The van der Waals surface area contributed by atoms with Crippen molar-refractivity contribution in [1.29, 1.82) is 0 Å². The lowest BCUT2D eigenvalue weighted by Gasteiger charge is -2.29. The van der Waals surface area contributed by atoms with Gasteiger partial charge in [-0.05, 0) is 62.4 Å². The molecule has 1 aromatic carbocycles. The van der Waals surface area contributed by atoms with Crippen LogP contribution in [-0.2, 0) is 6.42 Å². The van der Waals surface area contributed by atoms with E-state index in [0.29, 0.717) is 6.04 Å². The van der Waals surface area contributed by atoms with Crippen molar-refractivity contribution in [2.24, 2.45) is 0 Å². The molecule has 0 unspecified atom stereocenters. The zero-order valence-corrected chi connectivity index (χ0v) is 16.0. The molecular formula is C23H26N4O. The molecule has 5 heteroatoms. The van der Waals surface area contributed by atoms with E-state index in [4.69, 9.17) is 0 Å². The molecule has 3 aromatic rings. The van der Waals surface area contributed by atoms with Crippen molar-refractivity contribution in [2.45, 2.75) is 44.2 Å². The first-order chi connectivity index (χ1) is 13.8. The van der Waals surface area contributed by atoms with Crippen molar-refractivity contribution in [3.63, 3.8) is 0 Å². The second-order valence-corrected chi connectivity index (χ2v) is 7.44. The summed E-state index contributed by atoms with van der Waals surface area (Å²) in [5.74, 6) is 0. The Morgan fingerprint density at radius 3 is 2.54 bits per heavy atom. The number of hydrogen-bond acceptors (Lipinski definition) is 4. The fraction of sp³-hybridized carbons (Fsp3) is 0.348. The van der Waals surface area contributed by atoms with E-state index in [9.17, 15) is 4.79 Å². The number of aromatic nitrogens is 3. The molecule has 2 aromatic heterocycles. The molecule has 1 fully saturated rings. The predicted octanol–water partition coefficient (Wildman–Crippen LogP) is 3.62. The second-order valence-electron chi connectivity index (χ2n) is 7.44. The van der Waals surface area contributed by atoms with E-state index in [-0.39, 0.29) is 11.6 Å². The molecule has 0 radical (unpaired) electrons. The fourth-order valence-electron chi connectivity index (χ4n) is 3.94. The van der Waals surface area contributed by atoms with Gasteiger partial charge in [-0.15, -0.1) is 0 Å². The number of rotatable bonds is 6. The molecule has 2 heterocycles. The van der Waals surface area contributed by atoms with E-state index in [1.807, 2.05) is 12.1 Å². The van der Waals surface area contributed by atoms with Crippen LogP contribution >= 0.6 is 0 Å². The minimum absolute atomic E-state index is 0.0203. The van der Waals surface area contributed by atoms with Gasteiger partial charge in [-0.2, -0.15) is 5.10 Å². The SMILES string of the molecule is O=c1ccc(-c2cccnc2)nn1C1CCC(NCCc2ccccc2)CC1. The lowest BCUT2D eigenvalue weighted by atomic mass is 9.91. The summed E-state index contributed by atoms with van der Waals surface area (Å²) in [5.41, 5.74) is 3.09. The first-order valence-corrected chi connectivity index (χ1v) is 10.1. The van der Waals surface area contributed by atoms with Crippen molar-refractivity contribution in [2.75, 3.05) is 6.54 Å². The zero-order valence-electron chi connectivity index (χ0n) is 16.0. The number of nitrogens with one attached hydrogen (secondary N) is 1. The molecule has 0 bridgehead atoms. The maximum atomic E-state index is 12.4. The Morgan fingerprint density at radius 1 is 0.964 bits per heavy atom. The Hall–Kier alpha value is -2.79. The van der Waals surface area contributed by atoms with Crippen LogP contribution in [0.3, 0.4) is 0 Å². The summed E-state index contributed by atoms with van der Waals surface area (Å²) in [6.45, 7) is 0.994. The molecule has 4 rings (SSSR count). The first kappa shape index (κ1) is 18.6. The van der Waals surface area contributed by atoms with Crippen LogP contribution in [0.2, 0.25) is 0 Å². The monoisotopic (exact) mass is 374 g/mol. The van der Waals surface area contributed by atoms with Gasteiger partial charge in [-0.25, -0.2) is 4.68 Å². The third kappa shape index (κ3) is 4.54. The van der Waals surface area contributed by atoms with Gasteiger partial charge in [0.15, 0.2) is 0 Å². The topological polar surface area (TPSA) is 59.8 Å². The van der Waals surface area contributed by atoms with Gasteiger partial charge in [0.05, 0.1) is 11.7 Å². The summed E-state index contributed by atoms with van der Waals surface area (Å²) in [6.07, 6.45) is 8.68. The molecule has 1 aliphatic carbocycles. The van der Waals surface area contributed by atoms with Gasteiger partial charge < -0.3 is 5.32 Å². The second kappa shape index (κ2) is 8.93. The number of benzene rings is 1. The smallest absolute Gasteiger partial charge is 0.267 e. The van der Waals surface area contributed by atoms with Gasteiger partial charge in [0.2, 0.25) is 0 Å². The highest BCUT2D eigenvalue weighted by Crippen LogP contribution is 2.27. The lowest BCUT2D eigenvalue weighted by Crippen LogP contribution is -2.37. The Labute approximate surface area is 165 Å². The molecule has 0 aliphatic heterocycles. The van der Waals surface area contributed by atoms with Crippen LogP contribution in [0.5, 0.6) is 0 Å². The lowest BCUT2D eigenvalue weighted by molar-refractivity contribution is 0.271. The molecule has 1 aliphatic rings. The molecule has 5 nitrogen and oxygen atoms in total. The van der Waals surface area contributed by atoms with E-state index in [1.54, 1.807) is 29.2 Å². The van der Waals surface area contributed by atoms with Crippen molar-refractivity contribution >= 4 is 0 Å². The Morgan fingerprint density at radius 2 is 1.79 bits per heavy atom. The summed E-state index contributed by atoms with van der Waals surface area (Å²) < 4.78 is 1.68. The van der Waals surface area contributed by atoms with E-state index in [2.05, 4.69) is 45.7 Å². The number of hydrogen-bond donors (Lipinski definition) is 1. The zero-order chi connectivity index (χ0) is 19.2. The van der Waals surface area contributed by atoms with E-state index < -0.39 is 0 Å². The minimum atomic E-state index is -0.0203. The average Bonchev–Trinajstić information content (AvgIpc) is 2.76. The summed E-state index contributed by atoms with van der Waals surface area (Å²) in [6, 6.07) is 18.5. The van der Waals surface area contributed by atoms with E-state index >= 15 is 0 Å². The predicted molar refractivity (Wildman–Crippen MR) is 111 cm³/mol. The van der Waals surface area contributed by atoms with Crippen LogP contribution in [0.4, 0.5) is 0 Å². The normalized spacial score (nSPS) is 19.4. The van der Waals surface area contributed by atoms with Crippen molar-refractivity contribution in [1.82, 2.24) is 20.1 Å². The molecule has 0 atom stereocenters. The van der Waals surface area contributed by atoms with Gasteiger partial charge in [-0.3, -0.25) is 9.78 Å². The van der Waals surface area contributed by atoms with Crippen LogP contribution in [0.1, 0.15) is 37.3 Å². The highest BCUT2D eigenvalue weighted by molar-refractivity contribution is 5.56. The summed E-state index contributed by atoms with van der Waals surface area (Å²) >= 11 is 0. The fourth-order valence-corrected chi connectivity index (χ4v) is 3.94. The van der Waals surface area contributed by atoms with Gasteiger partial charge in [0.25, 0.3) is 5.56 Å². The highest BCUT2D eigenvalue weighted by atomic mass is 16.1. The maximum absolute atomic E-state index is 12.4. The summed E-state index contributed by atoms with van der Waals surface area (Å²) in [7, 11) is 0. The molecular weight excluding hydrogens is 348 g/mol. The quantitative estimate of drug-likeness (QED) is 0.716. The van der Waals surface area contributed by atoms with Gasteiger partial charge in [0, 0.05) is 30.1 Å². The number of nitrogens with zero attached hydrogens (tertiary/aromatic N) is 3. The molecule has 0 amide bonds. The Kier molecular flexibility index (Phi) is 5.92. The molecule has 1 N–H and O–H groups in total. The van der Waals surface area contributed by atoms with Crippen molar-refractivity contribution in [3.8, 4) is 11.3 Å². The van der Waals surface area contributed by atoms with Gasteiger partial charge in [0.1, 0.15) is 0 Å². The molecule has 0 saturated heterocycles. The van der Waals surface area contributed by atoms with Crippen LogP contribution in [-0.4, -0.2) is 27.4 Å². The van der Waals surface area contributed by atoms with Crippen LogP contribution in [0.25, 0.3) is 11.3 Å². The maximum Gasteiger partial charge on any atom is 0.267 e. The summed E-state index contributed by atoms with van der Waals surface area (Å²) in [5, 5.41) is 8.31. The van der Waals surface area contributed by atoms with Crippen molar-refractivity contribution in [3.05, 3.63) is 82.9 Å². The molecule has 144 valence electrons. The Balaban J connectivity index is 1.34.